The molecule has 0 spiro atoms. The monoisotopic (exact) mass is 371 g/mol. The van der Waals surface area contributed by atoms with E-state index in [0.29, 0.717) is 11.5 Å². The largest absolute Gasteiger partial charge is 0.480 e. The van der Waals surface area contributed by atoms with Crippen LogP contribution in [0.5, 0.6) is 11.5 Å². The van der Waals surface area contributed by atoms with Crippen molar-refractivity contribution in [3.05, 3.63) is 59.7 Å². The number of halogens is 1. The molecule has 6 nitrogen and oxygen atoms in total. The number of hydrogen-bond donors (Lipinski definition) is 3. The Kier molecular flexibility index (Phi) is 3.75. The number of fused-ring (bicyclic) bond motifs is 2. The third-order valence-corrected chi connectivity index (χ3v) is 5.62. The average molecular weight is 371 g/mol. The van der Waals surface area contributed by atoms with Gasteiger partial charge >= 0.3 is 11.9 Å². The van der Waals surface area contributed by atoms with Crippen LogP contribution in [0.2, 0.25) is 0 Å². The molecule has 1 fully saturated rings. The minimum atomic E-state index is -2.60. The fourth-order valence-corrected chi connectivity index (χ4v) is 4.01. The van der Waals surface area contributed by atoms with Crippen molar-refractivity contribution in [3.63, 3.8) is 0 Å². The van der Waals surface area contributed by atoms with E-state index < -0.39 is 41.4 Å². The van der Waals surface area contributed by atoms with E-state index in [1.807, 2.05) is 12.1 Å². The molecule has 0 aromatic heterocycles. The summed E-state index contributed by atoms with van der Waals surface area (Å²) in [6, 6.07) is 14.4. The molecule has 2 unspecified atom stereocenters. The van der Waals surface area contributed by atoms with E-state index in [4.69, 9.17) is 15.6 Å². The minimum Gasteiger partial charge on any atom is -0.480 e. The van der Waals surface area contributed by atoms with Crippen molar-refractivity contribution in [2.24, 2.45) is 11.7 Å². The number of carbonyl (C=O) groups is 2. The molecule has 1 heterocycles. The third-order valence-electron chi connectivity index (χ3n) is 5.62. The molecule has 1 saturated carbocycles. The topological polar surface area (TPSA) is 110 Å². The van der Waals surface area contributed by atoms with Crippen molar-refractivity contribution in [2.45, 2.75) is 30.0 Å². The number of hydrogen-bond acceptors (Lipinski definition) is 4. The summed E-state index contributed by atoms with van der Waals surface area (Å²) in [6.45, 7) is 0. The number of carboxylic acid groups (broad SMARTS) is 2. The van der Waals surface area contributed by atoms with Crippen LogP contribution in [0.15, 0.2) is 48.5 Å². The number of nitrogens with two attached hydrogens (primary N) is 1. The molecule has 140 valence electrons. The SMILES string of the molecule is NC(CC1c2ccccc2Oc2ccccc21)(C(=O)O)C1C[C@]1(F)C(=O)O. The lowest BCUT2D eigenvalue weighted by molar-refractivity contribution is -0.149. The first kappa shape index (κ1) is 17.5. The van der Waals surface area contributed by atoms with Crippen molar-refractivity contribution < 1.29 is 28.9 Å². The van der Waals surface area contributed by atoms with Gasteiger partial charge in [0.15, 0.2) is 0 Å². The highest BCUT2D eigenvalue weighted by molar-refractivity contribution is 5.88. The zero-order valence-corrected chi connectivity index (χ0v) is 14.3. The first-order valence-corrected chi connectivity index (χ1v) is 8.57. The van der Waals surface area contributed by atoms with Crippen molar-refractivity contribution in [1.82, 2.24) is 0 Å². The van der Waals surface area contributed by atoms with Crippen LogP contribution < -0.4 is 10.5 Å². The van der Waals surface area contributed by atoms with Gasteiger partial charge in [0.1, 0.15) is 17.0 Å². The van der Waals surface area contributed by atoms with E-state index in [2.05, 4.69) is 0 Å². The Morgan fingerprint density at radius 3 is 2.07 bits per heavy atom. The fraction of sp³-hybridized carbons (Fsp3) is 0.300. The maximum atomic E-state index is 14.5. The van der Waals surface area contributed by atoms with Crippen LogP contribution in [-0.4, -0.2) is 33.4 Å². The zero-order chi connectivity index (χ0) is 19.4. The summed E-state index contributed by atoms with van der Waals surface area (Å²) in [6.07, 6.45) is -0.541. The number of rotatable bonds is 5. The molecule has 27 heavy (non-hydrogen) atoms. The van der Waals surface area contributed by atoms with Crippen molar-refractivity contribution >= 4 is 11.9 Å². The molecule has 0 saturated heterocycles. The summed E-state index contributed by atoms with van der Waals surface area (Å²) < 4.78 is 20.4. The lowest BCUT2D eigenvalue weighted by Gasteiger charge is -2.34. The number of carboxylic acids is 2. The molecule has 0 radical (unpaired) electrons. The first-order chi connectivity index (χ1) is 12.8. The van der Waals surface area contributed by atoms with Crippen molar-refractivity contribution in [3.8, 4) is 11.5 Å². The molecule has 0 bridgehead atoms. The number of benzene rings is 2. The van der Waals surface area contributed by atoms with E-state index in [9.17, 15) is 19.1 Å². The van der Waals surface area contributed by atoms with Gasteiger partial charge < -0.3 is 20.7 Å². The molecule has 2 aromatic carbocycles. The van der Waals surface area contributed by atoms with Gasteiger partial charge in [0.2, 0.25) is 5.67 Å². The van der Waals surface area contributed by atoms with Gasteiger partial charge in [0.05, 0.1) is 0 Å². The predicted molar refractivity (Wildman–Crippen MR) is 93.6 cm³/mol. The summed E-state index contributed by atoms with van der Waals surface area (Å²) in [4.78, 5) is 23.2. The van der Waals surface area contributed by atoms with E-state index in [0.717, 1.165) is 11.1 Å². The van der Waals surface area contributed by atoms with Gasteiger partial charge in [-0.15, -0.1) is 0 Å². The smallest absolute Gasteiger partial charge is 0.341 e. The summed E-state index contributed by atoms with van der Waals surface area (Å²) in [5, 5.41) is 18.9. The third kappa shape index (κ3) is 2.57. The van der Waals surface area contributed by atoms with Crippen molar-refractivity contribution in [2.75, 3.05) is 0 Å². The first-order valence-electron chi connectivity index (χ1n) is 8.57. The maximum absolute atomic E-state index is 14.5. The minimum absolute atomic E-state index is 0.136. The van der Waals surface area contributed by atoms with Crippen LogP contribution in [0, 0.1) is 5.92 Å². The zero-order valence-electron chi connectivity index (χ0n) is 14.3. The van der Waals surface area contributed by atoms with Crippen LogP contribution in [0.3, 0.4) is 0 Å². The Hall–Kier alpha value is -2.93. The van der Waals surface area contributed by atoms with Crippen LogP contribution in [0.25, 0.3) is 0 Å². The lowest BCUT2D eigenvalue weighted by Crippen LogP contribution is -2.53. The Bertz CT molecular complexity index is 902. The van der Waals surface area contributed by atoms with Crippen LogP contribution >= 0.6 is 0 Å². The second-order valence-electron chi connectivity index (χ2n) is 7.20. The van der Waals surface area contributed by atoms with Gasteiger partial charge in [-0.05, 0) is 18.6 Å². The summed E-state index contributed by atoms with van der Waals surface area (Å²) in [5.74, 6) is -3.66. The lowest BCUT2D eigenvalue weighted by atomic mass is 9.76. The van der Waals surface area contributed by atoms with Crippen LogP contribution in [0.1, 0.15) is 29.9 Å². The van der Waals surface area contributed by atoms with Crippen LogP contribution in [0.4, 0.5) is 4.39 Å². The Balaban J connectivity index is 1.77. The number of alkyl halides is 1. The Labute approximate surface area is 154 Å². The van der Waals surface area contributed by atoms with E-state index in [1.54, 1.807) is 36.4 Å². The average Bonchev–Trinajstić information content (AvgIpc) is 3.35. The molecule has 4 rings (SSSR count). The standard InChI is InChI=1S/C20H18FNO5/c21-19(17(23)24)10-16(19)20(22,18(25)26)9-13-11-5-1-3-7-14(11)27-15-8-4-2-6-12(13)15/h1-8,13,16H,9-10,22H2,(H,23,24)(H,25,26)/t16?,19-,20?/m1/s1. The number of aliphatic carboxylic acids is 2. The molecule has 2 aliphatic rings. The highest BCUT2D eigenvalue weighted by Gasteiger charge is 2.71. The van der Waals surface area contributed by atoms with E-state index in [1.165, 1.54) is 0 Å². The van der Waals surface area contributed by atoms with E-state index >= 15 is 0 Å². The molecule has 3 atom stereocenters. The summed E-state index contributed by atoms with van der Waals surface area (Å²) >= 11 is 0. The highest BCUT2D eigenvalue weighted by atomic mass is 19.1. The molecular weight excluding hydrogens is 353 g/mol. The molecule has 1 aliphatic heterocycles. The molecule has 0 amide bonds. The quantitative estimate of drug-likeness (QED) is 0.745. The fourth-order valence-electron chi connectivity index (χ4n) is 4.01. The molecular formula is C20H18FNO5. The molecule has 7 heteroatoms. The highest BCUT2D eigenvalue weighted by Crippen LogP contribution is 2.57. The van der Waals surface area contributed by atoms with Gasteiger partial charge in [-0.1, -0.05) is 36.4 Å². The van der Waals surface area contributed by atoms with Gasteiger partial charge in [-0.3, -0.25) is 4.79 Å². The Morgan fingerprint density at radius 2 is 1.63 bits per heavy atom. The number of para-hydroxylation sites is 2. The summed E-state index contributed by atoms with van der Waals surface area (Å²) in [7, 11) is 0. The van der Waals surface area contributed by atoms with Gasteiger partial charge in [-0.25, -0.2) is 9.18 Å². The second kappa shape index (κ2) is 5.79. The predicted octanol–water partition coefficient (Wildman–Crippen LogP) is 2.91. The van der Waals surface area contributed by atoms with Gasteiger partial charge in [0.25, 0.3) is 0 Å². The second-order valence-corrected chi connectivity index (χ2v) is 7.20. The van der Waals surface area contributed by atoms with Crippen molar-refractivity contribution in [1.29, 1.82) is 0 Å². The van der Waals surface area contributed by atoms with Gasteiger partial charge in [-0.2, -0.15) is 0 Å². The maximum Gasteiger partial charge on any atom is 0.341 e. The Morgan fingerprint density at radius 1 is 1.11 bits per heavy atom. The van der Waals surface area contributed by atoms with Gasteiger partial charge in [0, 0.05) is 29.4 Å². The molecule has 4 N–H and O–H groups in total. The summed E-state index contributed by atoms with van der Waals surface area (Å²) in [5.41, 5.74) is 3.03. The molecule has 2 aromatic rings. The van der Waals surface area contributed by atoms with E-state index in [-0.39, 0.29) is 6.42 Å². The van der Waals surface area contributed by atoms with Crippen LogP contribution in [-0.2, 0) is 9.59 Å². The molecule has 1 aliphatic carbocycles. The normalized spacial score (nSPS) is 25.5. The number of ether oxygens (including phenoxy) is 1.